The maximum absolute atomic E-state index is 12.2. The van der Waals surface area contributed by atoms with Crippen LogP contribution in [0.15, 0.2) is 30.3 Å². The van der Waals surface area contributed by atoms with Gasteiger partial charge in [0, 0.05) is 51.4 Å². The first-order valence-electron chi connectivity index (χ1n) is 9.82. The normalized spacial score (nSPS) is 31.4. The van der Waals surface area contributed by atoms with Crippen LogP contribution in [0.3, 0.4) is 0 Å². The summed E-state index contributed by atoms with van der Waals surface area (Å²) in [5.41, 5.74) is 1.40. The summed E-state index contributed by atoms with van der Waals surface area (Å²) < 4.78 is 0. The quantitative estimate of drug-likeness (QED) is 0.863. The van der Waals surface area contributed by atoms with Crippen LogP contribution in [0.4, 0.5) is 0 Å². The number of fused-ring (bicyclic) bond motifs is 1. The van der Waals surface area contributed by atoms with Crippen molar-refractivity contribution < 1.29 is 4.79 Å². The summed E-state index contributed by atoms with van der Waals surface area (Å²) in [5, 5.41) is 6.70. The molecule has 5 heteroatoms. The number of hydrogen-bond acceptors (Lipinski definition) is 4. The molecule has 0 bridgehead atoms. The molecule has 1 amide bonds. The van der Waals surface area contributed by atoms with Crippen molar-refractivity contribution in [2.45, 2.75) is 50.4 Å². The summed E-state index contributed by atoms with van der Waals surface area (Å²) in [4.78, 5) is 17.4. The molecular weight excluding hydrogens is 312 g/mol. The van der Waals surface area contributed by atoms with Crippen LogP contribution in [0.1, 0.15) is 31.2 Å². The molecule has 0 spiro atoms. The van der Waals surface area contributed by atoms with Crippen LogP contribution in [-0.4, -0.2) is 66.6 Å². The van der Waals surface area contributed by atoms with Crippen molar-refractivity contribution >= 4 is 5.91 Å². The van der Waals surface area contributed by atoms with Gasteiger partial charge in [-0.15, -0.1) is 0 Å². The van der Waals surface area contributed by atoms with Gasteiger partial charge in [0.05, 0.1) is 6.04 Å². The lowest BCUT2D eigenvalue weighted by Crippen LogP contribution is -2.50. The molecule has 0 aliphatic carbocycles. The third-order valence-corrected chi connectivity index (χ3v) is 5.92. The fourth-order valence-electron chi connectivity index (χ4n) is 4.60. The second kappa shape index (κ2) is 7.85. The Morgan fingerprint density at radius 1 is 1.12 bits per heavy atom. The maximum Gasteiger partial charge on any atom is 0.237 e. The second-order valence-electron chi connectivity index (χ2n) is 7.81. The summed E-state index contributed by atoms with van der Waals surface area (Å²) >= 11 is 0. The van der Waals surface area contributed by atoms with E-state index in [2.05, 4.69) is 50.8 Å². The van der Waals surface area contributed by atoms with E-state index in [1.165, 1.54) is 5.56 Å². The van der Waals surface area contributed by atoms with Crippen molar-refractivity contribution in [3.8, 4) is 0 Å². The first-order chi connectivity index (χ1) is 12.3. The lowest BCUT2D eigenvalue weighted by molar-refractivity contribution is -0.123. The third-order valence-electron chi connectivity index (χ3n) is 5.92. The van der Waals surface area contributed by atoms with Crippen molar-refractivity contribution in [1.29, 1.82) is 0 Å². The van der Waals surface area contributed by atoms with Crippen molar-refractivity contribution in [1.82, 2.24) is 20.4 Å². The molecule has 5 nitrogen and oxygen atoms in total. The van der Waals surface area contributed by atoms with Gasteiger partial charge >= 0.3 is 0 Å². The molecule has 4 rings (SSSR count). The number of nitrogens with zero attached hydrogens (tertiary/aromatic N) is 2. The molecule has 136 valence electrons. The van der Waals surface area contributed by atoms with Gasteiger partial charge in [0.2, 0.25) is 5.91 Å². The standard InChI is InChI=1S/C20H30N4O/c25-20-19(8-4-5-9-21-20)22-17-12-18-15-23(10-11-24(18)14-17)13-16-6-2-1-3-7-16/h1-3,6-7,17-19,22H,4-5,8-15H2,(H,21,25)/t17?,18-,19?/m0/s1. The summed E-state index contributed by atoms with van der Waals surface area (Å²) in [7, 11) is 0. The minimum absolute atomic E-state index is 0.00859. The summed E-state index contributed by atoms with van der Waals surface area (Å²) in [6.45, 7) is 6.41. The smallest absolute Gasteiger partial charge is 0.237 e. The maximum atomic E-state index is 12.2. The monoisotopic (exact) mass is 342 g/mol. The molecule has 3 atom stereocenters. The Bertz CT molecular complexity index is 578. The van der Waals surface area contributed by atoms with Crippen LogP contribution in [0.25, 0.3) is 0 Å². The van der Waals surface area contributed by atoms with E-state index in [0.29, 0.717) is 12.1 Å². The Labute approximate surface area is 150 Å². The fourth-order valence-corrected chi connectivity index (χ4v) is 4.60. The lowest BCUT2D eigenvalue weighted by atomic mass is 10.1. The average molecular weight is 342 g/mol. The molecule has 25 heavy (non-hydrogen) atoms. The molecule has 3 aliphatic rings. The van der Waals surface area contributed by atoms with Gasteiger partial charge in [-0.3, -0.25) is 14.6 Å². The van der Waals surface area contributed by atoms with E-state index in [1.807, 2.05) is 0 Å². The van der Waals surface area contributed by atoms with Gasteiger partial charge in [-0.2, -0.15) is 0 Å². The highest BCUT2D eigenvalue weighted by atomic mass is 16.2. The van der Waals surface area contributed by atoms with Gasteiger partial charge in [-0.05, 0) is 31.2 Å². The van der Waals surface area contributed by atoms with E-state index >= 15 is 0 Å². The third kappa shape index (κ3) is 4.22. The Hall–Kier alpha value is -1.43. The lowest BCUT2D eigenvalue weighted by Gasteiger charge is -2.37. The topological polar surface area (TPSA) is 47.6 Å². The highest BCUT2D eigenvalue weighted by Crippen LogP contribution is 2.24. The molecule has 0 radical (unpaired) electrons. The number of benzene rings is 1. The Balaban J connectivity index is 1.30. The highest BCUT2D eigenvalue weighted by molar-refractivity contribution is 5.81. The van der Waals surface area contributed by atoms with Crippen molar-refractivity contribution in [3.05, 3.63) is 35.9 Å². The van der Waals surface area contributed by atoms with Crippen molar-refractivity contribution in [2.24, 2.45) is 0 Å². The molecule has 0 aromatic heterocycles. The van der Waals surface area contributed by atoms with Crippen molar-refractivity contribution in [3.63, 3.8) is 0 Å². The molecule has 3 aliphatic heterocycles. The molecular formula is C20H30N4O. The molecule has 2 N–H and O–H groups in total. The zero-order valence-corrected chi connectivity index (χ0v) is 15.0. The van der Waals surface area contributed by atoms with Crippen LogP contribution < -0.4 is 10.6 Å². The van der Waals surface area contributed by atoms with Crippen LogP contribution in [-0.2, 0) is 11.3 Å². The number of nitrogens with one attached hydrogen (secondary N) is 2. The minimum atomic E-state index is 0.00859. The summed E-state index contributed by atoms with van der Waals surface area (Å²) in [6, 6.07) is 11.9. The second-order valence-corrected chi connectivity index (χ2v) is 7.81. The minimum Gasteiger partial charge on any atom is -0.355 e. The molecule has 1 aromatic carbocycles. The predicted octanol–water partition coefficient (Wildman–Crippen LogP) is 1.20. The first kappa shape index (κ1) is 17.0. The number of piperazine rings is 1. The Morgan fingerprint density at radius 2 is 2.00 bits per heavy atom. The Kier molecular flexibility index (Phi) is 5.34. The number of carbonyl (C=O) groups excluding carboxylic acids is 1. The molecule has 3 heterocycles. The summed E-state index contributed by atoms with van der Waals surface area (Å²) in [6.07, 6.45) is 4.39. The average Bonchev–Trinajstić information content (AvgIpc) is 2.91. The van der Waals surface area contributed by atoms with E-state index < -0.39 is 0 Å². The predicted molar refractivity (Wildman–Crippen MR) is 99.3 cm³/mol. The van der Waals surface area contributed by atoms with E-state index in [1.54, 1.807) is 0 Å². The van der Waals surface area contributed by atoms with Crippen LogP contribution in [0.5, 0.6) is 0 Å². The van der Waals surface area contributed by atoms with Gasteiger partial charge in [-0.1, -0.05) is 30.3 Å². The zero-order chi connectivity index (χ0) is 17.1. The highest BCUT2D eigenvalue weighted by Gasteiger charge is 2.37. The largest absolute Gasteiger partial charge is 0.355 e. The van der Waals surface area contributed by atoms with E-state index in [4.69, 9.17) is 0 Å². The number of rotatable bonds is 4. The van der Waals surface area contributed by atoms with Crippen LogP contribution in [0.2, 0.25) is 0 Å². The van der Waals surface area contributed by atoms with Gasteiger partial charge < -0.3 is 10.6 Å². The Morgan fingerprint density at radius 3 is 2.88 bits per heavy atom. The molecule has 1 aromatic rings. The van der Waals surface area contributed by atoms with Crippen LogP contribution in [0, 0.1) is 0 Å². The van der Waals surface area contributed by atoms with Crippen LogP contribution >= 0.6 is 0 Å². The SMILES string of the molecule is O=C1NCCCCC1NC1C[C@H]2CN(Cc3ccccc3)CCN2C1. The fraction of sp³-hybridized carbons (Fsp3) is 0.650. The number of carbonyl (C=O) groups is 1. The van der Waals surface area contributed by atoms with Gasteiger partial charge in [0.25, 0.3) is 0 Å². The van der Waals surface area contributed by atoms with Crippen molar-refractivity contribution in [2.75, 3.05) is 32.7 Å². The van der Waals surface area contributed by atoms with E-state index in [0.717, 1.165) is 65.0 Å². The zero-order valence-electron chi connectivity index (χ0n) is 15.0. The first-order valence-corrected chi connectivity index (χ1v) is 9.82. The summed E-state index contributed by atoms with van der Waals surface area (Å²) in [5.74, 6) is 0.202. The van der Waals surface area contributed by atoms with E-state index in [9.17, 15) is 4.79 Å². The van der Waals surface area contributed by atoms with Gasteiger partial charge in [0.1, 0.15) is 0 Å². The van der Waals surface area contributed by atoms with Gasteiger partial charge in [-0.25, -0.2) is 0 Å². The molecule has 0 saturated carbocycles. The molecule has 2 unspecified atom stereocenters. The number of hydrogen-bond donors (Lipinski definition) is 2. The number of amides is 1. The molecule has 3 fully saturated rings. The van der Waals surface area contributed by atoms with E-state index in [-0.39, 0.29) is 11.9 Å². The van der Waals surface area contributed by atoms with Gasteiger partial charge in [0.15, 0.2) is 0 Å². The molecule has 3 saturated heterocycles.